The van der Waals surface area contributed by atoms with E-state index in [1.54, 1.807) is 11.1 Å². The highest BCUT2D eigenvalue weighted by molar-refractivity contribution is 5.99. The van der Waals surface area contributed by atoms with Crippen LogP contribution in [0.25, 0.3) is 0 Å². The number of oxime groups is 1. The van der Waals surface area contributed by atoms with Crippen molar-refractivity contribution in [3.8, 4) is 0 Å². The Hall–Kier alpha value is -1.88. The van der Waals surface area contributed by atoms with Crippen LogP contribution in [-0.4, -0.2) is 38.5 Å². The van der Waals surface area contributed by atoms with Crippen molar-refractivity contribution in [1.82, 2.24) is 0 Å². The summed E-state index contributed by atoms with van der Waals surface area (Å²) in [7, 11) is 1.51. The predicted molar refractivity (Wildman–Crippen MR) is 84.9 cm³/mol. The number of para-hydroxylation sites is 1. The van der Waals surface area contributed by atoms with Crippen LogP contribution in [0.5, 0.6) is 0 Å². The summed E-state index contributed by atoms with van der Waals surface area (Å²) in [5.74, 6) is -0.106. The fourth-order valence-corrected chi connectivity index (χ4v) is 2.21. The van der Waals surface area contributed by atoms with Gasteiger partial charge in [0.2, 0.25) is 0 Å². The molecule has 0 heterocycles. The third kappa shape index (κ3) is 4.56. The van der Waals surface area contributed by atoms with E-state index < -0.39 is 0 Å². The third-order valence-corrected chi connectivity index (χ3v) is 3.10. The number of methoxy groups -OCH3 is 1. The molecule has 1 atom stereocenters. The molecule has 0 aliphatic heterocycles. The molecule has 0 bridgehead atoms. The van der Waals surface area contributed by atoms with Gasteiger partial charge in [0, 0.05) is 7.11 Å². The van der Waals surface area contributed by atoms with Crippen molar-refractivity contribution in [2.45, 2.75) is 33.7 Å². The van der Waals surface area contributed by atoms with Crippen molar-refractivity contribution in [2.24, 2.45) is 5.16 Å². The molecule has 1 aromatic rings. The molecule has 116 valence electrons. The lowest BCUT2D eigenvalue weighted by molar-refractivity contribution is -0.122. The molecule has 0 spiro atoms. The van der Waals surface area contributed by atoms with Crippen LogP contribution in [-0.2, 0) is 14.4 Å². The van der Waals surface area contributed by atoms with E-state index in [-0.39, 0.29) is 18.6 Å². The first-order valence-electron chi connectivity index (χ1n) is 7.05. The summed E-state index contributed by atoms with van der Waals surface area (Å²) < 4.78 is 4.99. The third-order valence-electron chi connectivity index (χ3n) is 3.10. The van der Waals surface area contributed by atoms with Gasteiger partial charge >= 0.3 is 0 Å². The molecule has 1 aromatic carbocycles. The summed E-state index contributed by atoms with van der Waals surface area (Å²) in [4.78, 5) is 19.1. The van der Waals surface area contributed by atoms with E-state index in [1.807, 2.05) is 45.9 Å². The molecular weight excluding hydrogens is 268 g/mol. The topological polar surface area (TPSA) is 51.1 Å². The molecule has 1 amide bonds. The molecule has 1 unspecified atom stereocenters. The summed E-state index contributed by atoms with van der Waals surface area (Å²) in [6, 6.07) is 5.73. The highest BCUT2D eigenvalue weighted by atomic mass is 16.6. The second-order valence-electron chi connectivity index (χ2n) is 4.85. The monoisotopic (exact) mass is 292 g/mol. The maximum Gasteiger partial charge on any atom is 0.253 e. The summed E-state index contributed by atoms with van der Waals surface area (Å²) >= 11 is 0. The molecule has 5 heteroatoms. The number of amides is 1. The lowest BCUT2D eigenvalue weighted by Crippen LogP contribution is -2.42. The quantitative estimate of drug-likeness (QED) is 0.573. The van der Waals surface area contributed by atoms with E-state index in [0.717, 1.165) is 16.8 Å². The first-order chi connectivity index (χ1) is 10.0. The number of anilines is 1. The zero-order valence-corrected chi connectivity index (χ0v) is 13.4. The van der Waals surface area contributed by atoms with E-state index in [1.165, 1.54) is 7.11 Å². The fourth-order valence-electron chi connectivity index (χ4n) is 2.21. The number of benzene rings is 1. The number of aryl methyl sites for hydroxylation is 2. The van der Waals surface area contributed by atoms with Crippen molar-refractivity contribution in [1.29, 1.82) is 0 Å². The van der Waals surface area contributed by atoms with Gasteiger partial charge in [0.05, 0.1) is 17.9 Å². The van der Waals surface area contributed by atoms with Crippen molar-refractivity contribution in [2.75, 3.05) is 25.2 Å². The van der Waals surface area contributed by atoms with Gasteiger partial charge in [0.25, 0.3) is 5.91 Å². The van der Waals surface area contributed by atoms with Gasteiger partial charge in [-0.2, -0.15) is 0 Å². The van der Waals surface area contributed by atoms with E-state index in [4.69, 9.17) is 9.57 Å². The van der Waals surface area contributed by atoms with Gasteiger partial charge < -0.3 is 14.5 Å². The van der Waals surface area contributed by atoms with E-state index in [0.29, 0.717) is 6.61 Å². The zero-order valence-electron chi connectivity index (χ0n) is 13.4. The van der Waals surface area contributed by atoms with Gasteiger partial charge in [-0.1, -0.05) is 23.4 Å². The van der Waals surface area contributed by atoms with Crippen molar-refractivity contribution in [3.05, 3.63) is 29.3 Å². The molecule has 21 heavy (non-hydrogen) atoms. The number of hydrogen-bond donors (Lipinski definition) is 0. The van der Waals surface area contributed by atoms with E-state index in [9.17, 15) is 4.79 Å². The minimum atomic E-state index is -0.223. The second-order valence-corrected chi connectivity index (χ2v) is 4.85. The van der Waals surface area contributed by atoms with Gasteiger partial charge in [0.15, 0.2) is 0 Å². The highest BCUT2D eigenvalue weighted by Gasteiger charge is 2.23. The molecule has 0 aliphatic rings. The van der Waals surface area contributed by atoms with Crippen LogP contribution in [0.3, 0.4) is 0 Å². The van der Waals surface area contributed by atoms with Crippen LogP contribution in [0.1, 0.15) is 25.0 Å². The Balaban J connectivity index is 3.16. The molecule has 0 N–H and O–H groups in total. The molecular formula is C16H24N2O3. The van der Waals surface area contributed by atoms with Crippen LogP contribution < -0.4 is 4.90 Å². The number of carbonyl (C=O) groups excluding carboxylic acids is 1. The highest BCUT2D eigenvalue weighted by Crippen LogP contribution is 2.26. The van der Waals surface area contributed by atoms with Crippen LogP contribution >= 0.6 is 0 Å². The molecule has 1 rings (SSSR count). The SMILES string of the molecule is CCON=CC(C)N(C(=O)COC)c1c(C)cccc1C. The minimum absolute atomic E-state index is 0.0284. The van der Waals surface area contributed by atoms with Crippen molar-refractivity contribution in [3.63, 3.8) is 0 Å². The average Bonchev–Trinajstić information content (AvgIpc) is 2.43. The van der Waals surface area contributed by atoms with Gasteiger partial charge in [-0.3, -0.25) is 4.79 Å². The Morgan fingerprint density at radius 3 is 2.52 bits per heavy atom. The van der Waals surface area contributed by atoms with E-state index >= 15 is 0 Å². The van der Waals surface area contributed by atoms with Crippen LogP contribution in [0, 0.1) is 13.8 Å². The van der Waals surface area contributed by atoms with Crippen molar-refractivity contribution >= 4 is 17.8 Å². The summed E-state index contributed by atoms with van der Waals surface area (Å²) in [5.41, 5.74) is 2.97. The summed E-state index contributed by atoms with van der Waals surface area (Å²) in [5, 5.41) is 3.88. The first-order valence-corrected chi connectivity index (χ1v) is 7.05. The lowest BCUT2D eigenvalue weighted by atomic mass is 10.1. The maximum atomic E-state index is 12.4. The zero-order chi connectivity index (χ0) is 15.8. The standard InChI is InChI=1S/C16H24N2O3/c1-6-21-17-10-14(4)18(15(19)11-20-5)16-12(2)8-7-9-13(16)3/h7-10,14H,6,11H2,1-5H3. The molecule has 0 fully saturated rings. The molecule has 0 aromatic heterocycles. The second kappa shape index (κ2) is 8.42. The Kier molecular flexibility index (Phi) is 6.88. The van der Waals surface area contributed by atoms with Gasteiger partial charge in [0.1, 0.15) is 13.2 Å². The predicted octanol–water partition coefficient (Wildman–Crippen LogP) is 2.69. The van der Waals surface area contributed by atoms with Gasteiger partial charge in [-0.05, 0) is 38.8 Å². The van der Waals surface area contributed by atoms with Crippen LogP contribution in [0.2, 0.25) is 0 Å². The Labute approximate surface area is 126 Å². The van der Waals surface area contributed by atoms with E-state index in [2.05, 4.69) is 5.16 Å². The van der Waals surface area contributed by atoms with Gasteiger partial charge in [-0.15, -0.1) is 0 Å². The largest absolute Gasteiger partial charge is 0.396 e. The Bertz CT molecular complexity index is 480. The number of rotatable bonds is 7. The van der Waals surface area contributed by atoms with Gasteiger partial charge in [-0.25, -0.2) is 0 Å². The molecule has 0 aliphatic carbocycles. The molecule has 5 nitrogen and oxygen atoms in total. The average molecular weight is 292 g/mol. The number of ether oxygens (including phenoxy) is 1. The molecule has 0 radical (unpaired) electrons. The number of carbonyl (C=O) groups is 1. The summed E-state index contributed by atoms with van der Waals surface area (Å²) in [6.07, 6.45) is 1.63. The lowest BCUT2D eigenvalue weighted by Gasteiger charge is -2.29. The molecule has 0 saturated carbocycles. The minimum Gasteiger partial charge on any atom is -0.396 e. The summed E-state index contributed by atoms with van der Waals surface area (Å²) in [6.45, 7) is 8.27. The normalized spacial score (nSPS) is 12.4. The first kappa shape index (κ1) is 17.2. The Morgan fingerprint density at radius 2 is 2.00 bits per heavy atom. The number of hydrogen-bond acceptors (Lipinski definition) is 4. The van der Waals surface area contributed by atoms with Crippen molar-refractivity contribution < 1.29 is 14.4 Å². The maximum absolute atomic E-state index is 12.4. The number of nitrogens with zero attached hydrogens (tertiary/aromatic N) is 2. The smallest absolute Gasteiger partial charge is 0.253 e. The molecule has 0 saturated heterocycles. The van der Waals surface area contributed by atoms with Crippen LogP contribution in [0.4, 0.5) is 5.69 Å². The van der Waals surface area contributed by atoms with Crippen LogP contribution in [0.15, 0.2) is 23.4 Å². The fraction of sp³-hybridized carbons (Fsp3) is 0.500. The Morgan fingerprint density at radius 1 is 1.38 bits per heavy atom.